The van der Waals surface area contributed by atoms with E-state index >= 15 is 0 Å². The molecule has 0 unspecified atom stereocenters. The molecule has 1 saturated heterocycles. The molecule has 0 spiro atoms. The van der Waals surface area contributed by atoms with Crippen LogP contribution in [0.1, 0.15) is 60.0 Å². The number of piperidine rings is 1. The Kier molecular flexibility index (Phi) is 6.90. The molecule has 0 aromatic heterocycles. The molecule has 0 aliphatic carbocycles. The van der Waals surface area contributed by atoms with E-state index in [2.05, 4.69) is 80.4 Å². The molecule has 0 bridgehead atoms. The van der Waals surface area contributed by atoms with Crippen molar-refractivity contribution in [2.45, 2.75) is 59.5 Å². The maximum atomic E-state index is 12.9. The zero-order chi connectivity index (χ0) is 20.1. The Bertz CT molecular complexity index is 806. The largest absolute Gasteiger partial charge is 0.349 e. The first kappa shape index (κ1) is 20.6. The molecular formula is C25H34N2O. The second-order valence-electron chi connectivity index (χ2n) is 8.35. The topological polar surface area (TPSA) is 32.3 Å². The van der Waals surface area contributed by atoms with E-state index in [0.29, 0.717) is 0 Å². The van der Waals surface area contributed by atoms with Gasteiger partial charge in [-0.05, 0) is 75.4 Å². The number of nitrogens with zero attached hydrogens (tertiary/aromatic N) is 1. The van der Waals surface area contributed by atoms with Crippen LogP contribution in [0, 0.1) is 26.7 Å². The first-order valence-corrected chi connectivity index (χ1v) is 10.6. The summed E-state index contributed by atoms with van der Waals surface area (Å²) in [6.07, 6.45) is 2.81. The van der Waals surface area contributed by atoms with Crippen LogP contribution in [0.25, 0.3) is 0 Å². The maximum Gasteiger partial charge on any atom is 0.223 e. The molecule has 1 heterocycles. The Hall–Kier alpha value is -2.13. The van der Waals surface area contributed by atoms with E-state index in [1.807, 2.05) is 0 Å². The van der Waals surface area contributed by atoms with Gasteiger partial charge in [0, 0.05) is 12.5 Å². The summed E-state index contributed by atoms with van der Waals surface area (Å²) in [6.45, 7) is 11.5. The monoisotopic (exact) mass is 378 g/mol. The predicted molar refractivity (Wildman–Crippen MR) is 116 cm³/mol. The molecule has 1 aliphatic heterocycles. The molecule has 3 rings (SSSR count). The number of hydrogen-bond acceptors (Lipinski definition) is 2. The summed E-state index contributed by atoms with van der Waals surface area (Å²) in [5.41, 5.74) is 6.48. The molecule has 3 heteroatoms. The summed E-state index contributed by atoms with van der Waals surface area (Å²) >= 11 is 0. The highest BCUT2D eigenvalue weighted by atomic mass is 16.1. The Balaban J connectivity index is 1.53. The molecule has 150 valence electrons. The minimum Gasteiger partial charge on any atom is -0.349 e. The number of carbonyl (C=O) groups is 1. The quantitative estimate of drug-likeness (QED) is 0.759. The van der Waals surface area contributed by atoms with Crippen molar-refractivity contribution in [2.24, 2.45) is 5.92 Å². The number of hydrogen-bond donors (Lipinski definition) is 1. The molecule has 1 amide bonds. The summed E-state index contributed by atoms with van der Waals surface area (Å²) < 4.78 is 0. The van der Waals surface area contributed by atoms with Gasteiger partial charge in [0.15, 0.2) is 0 Å². The fourth-order valence-electron chi connectivity index (χ4n) is 4.11. The first-order chi connectivity index (χ1) is 13.5. The van der Waals surface area contributed by atoms with Gasteiger partial charge in [0.25, 0.3) is 0 Å². The van der Waals surface area contributed by atoms with Gasteiger partial charge in [0.2, 0.25) is 5.91 Å². The lowest BCUT2D eigenvalue weighted by molar-refractivity contribution is -0.127. The number of benzene rings is 2. The number of aryl methyl sites for hydroxylation is 3. The molecular weight excluding hydrogens is 344 g/mol. The van der Waals surface area contributed by atoms with Crippen molar-refractivity contribution >= 4 is 5.91 Å². The minimum absolute atomic E-state index is 0.108. The highest BCUT2D eigenvalue weighted by Gasteiger charge is 2.26. The normalized spacial score (nSPS) is 16.7. The summed E-state index contributed by atoms with van der Waals surface area (Å²) in [5.74, 6) is 0.356. The Morgan fingerprint density at radius 3 is 2.46 bits per heavy atom. The van der Waals surface area contributed by atoms with Crippen molar-refractivity contribution in [1.29, 1.82) is 0 Å². The minimum atomic E-state index is 0.108. The van der Waals surface area contributed by atoms with Crippen molar-refractivity contribution in [2.75, 3.05) is 13.1 Å². The van der Waals surface area contributed by atoms with Crippen LogP contribution in [0.3, 0.4) is 0 Å². The highest BCUT2D eigenvalue weighted by molar-refractivity contribution is 5.79. The van der Waals surface area contributed by atoms with Crippen LogP contribution in [-0.4, -0.2) is 23.9 Å². The number of rotatable bonds is 6. The summed E-state index contributed by atoms with van der Waals surface area (Å²) in [4.78, 5) is 15.3. The van der Waals surface area contributed by atoms with E-state index in [9.17, 15) is 4.79 Å². The standard InChI is InChI=1S/C25H34N2O/c1-5-24(23-10-9-19(3)20(4)16-23)26-25(28)22-11-13-27(14-12-22)17-21-8-6-7-18(2)15-21/h6-10,15-16,22,24H,5,11-14,17H2,1-4H3,(H,26,28)/t24-/m0/s1. The predicted octanol–water partition coefficient (Wildman–Crippen LogP) is 5.09. The van der Waals surface area contributed by atoms with Crippen LogP contribution in [0.15, 0.2) is 42.5 Å². The second-order valence-corrected chi connectivity index (χ2v) is 8.35. The lowest BCUT2D eigenvalue weighted by Crippen LogP contribution is -2.41. The molecule has 0 radical (unpaired) electrons. The number of amides is 1. The molecule has 28 heavy (non-hydrogen) atoms. The number of nitrogens with one attached hydrogen (secondary N) is 1. The lowest BCUT2D eigenvalue weighted by Gasteiger charge is -2.32. The molecule has 1 N–H and O–H groups in total. The van der Waals surface area contributed by atoms with Gasteiger partial charge >= 0.3 is 0 Å². The van der Waals surface area contributed by atoms with Crippen LogP contribution >= 0.6 is 0 Å². The molecule has 1 atom stereocenters. The molecule has 1 aliphatic rings. The molecule has 2 aromatic rings. The van der Waals surface area contributed by atoms with Gasteiger partial charge in [-0.25, -0.2) is 0 Å². The van der Waals surface area contributed by atoms with Gasteiger partial charge in [-0.3, -0.25) is 9.69 Å². The van der Waals surface area contributed by atoms with E-state index in [1.54, 1.807) is 0 Å². The number of likely N-dealkylation sites (tertiary alicyclic amines) is 1. The summed E-state index contributed by atoms with van der Waals surface area (Å²) in [5, 5.41) is 3.31. The van der Waals surface area contributed by atoms with E-state index in [1.165, 1.54) is 27.8 Å². The zero-order valence-electron chi connectivity index (χ0n) is 17.8. The average Bonchev–Trinajstić information content (AvgIpc) is 2.69. The van der Waals surface area contributed by atoms with Crippen LogP contribution in [0.4, 0.5) is 0 Å². The zero-order valence-corrected chi connectivity index (χ0v) is 17.8. The summed E-state index contributed by atoms with van der Waals surface area (Å²) in [6, 6.07) is 15.4. The van der Waals surface area contributed by atoms with Gasteiger partial charge in [0.05, 0.1) is 6.04 Å². The maximum absolute atomic E-state index is 12.9. The third-order valence-electron chi connectivity index (χ3n) is 6.11. The first-order valence-electron chi connectivity index (χ1n) is 10.6. The van der Waals surface area contributed by atoms with Crippen molar-refractivity contribution in [3.63, 3.8) is 0 Å². The van der Waals surface area contributed by atoms with E-state index in [-0.39, 0.29) is 17.9 Å². The van der Waals surface area contributed by atoms with Gasteiger partial charge in [-0.2, -0.15) is 0 Å². The van der Waals surface area contributed by atoms with Crippen molar-refractivity contribution in [1.82, 2.24) is 10.2 Å². The van der Waals surface area contributed by atoms with Crippen molar-refractivity contribution in [3.8, 4) is 0 Å². The molecule has 2 aromatic carbocycles. The van der Waals surface area contributed by atoms with Gasteiger partial charge in [-0.1, -0.05) is 55.0 Å². The van der Waals surface area contributed by atoms with Gasteiger partial charge < -0.3 is 5.32 Å². The Labute approximate surface area is 170 Å². The number of carbonyl (C=O) groups excluding carboxylic acids is 1. The summed E-state index contributed by atoms with van der Waals surface area (Å²) in [7, 11) is 0. The van der Waals surface area contributed by atoms with E-state index in [4.69, 9.17) is 0 Å². The molecule has 1 fully saturated rings. The van der Waals surface area contributed by atoms with Crippen LogP contribution in [0.2, 0.25) is 0 Å². The fourth-order valence-corrected chi connectivity index (χ4v) is 4.11. The smallest absolute Gasteiger partial charge is 0.223 e. The SMILES string of the molecule is CC[C@H](NC(=O)C1CCN(Cc2cccc(C)c2)CC1)c1ccc(C)c(C)c1. The van der Waals surface area contributed by atoms with Crippen LogP contribution in [0.5, 0.6) is 0 Å². The second kappa shape index (κ2) is 9.38. The Morgan fingerprint density at radius 2 is 1.82 bits per heavy atom. The van der Waals surface area contributed by atoms with Crippen molar-refractivity contribution in [3.05, 3.63) is 70.3 Å². The molecule has 0 saturated carbocycles. The van der Waals surface area contributed by atoms with E-state index in [0.717, 1.165) is 38.9 Å². The fraction of sp³-hybridized carbons (Fsp3) is 0.480. The highest BCUT2D eigenvalue weighted by Crippen LogP contribution is 2.24. The van der Waals surface area contributed by atoms with Gasteiger partial charge in [-0.15, -0.1) is 0 Å². The van der Waals surface area contributed by atoms with Gasteiger partial charge in [0.1, 0.15) is 0 Å². The lowest BCUT2D eigenvalue weighted by atomic mass is 9.93. The van der Waals surface area contributed by atoms with E-state index < -0.39 is 0 Å². The van der Waals surface area contributed by atoms with Crippen molar-refractivity contribution < 1.29 is 4.79 Å². The third kappa shape index (κ3) is 5.23. The molecule has 3 nitrogen and oxygen atoms in total. The van der Waals surface area contributed by atoms with Crippen LogP contribution in [-0.2, 0) is 11.3 Å². The average molecular weight is 379 g/mol. The third-order valence-corrected chi connectivity index (χ3v) is 6.11. The Morgan fingerprint density at radius 1 is 1.07 bits per heavy atom. The van der Waals surface area contributed by atoms with Crippen LogP contribution < -0.4 is 5.32 Å².